The van der Waals surface area contributed by atoms with Gasteiger partial charge in [-0.15, -0.1) is 6.42 Å². The maximum atomic E-state index is 12.2. The summed E-state index contributed by atoms with van der Waals surface area (Å²) in [7, 11) is 0. The zero-order chi connectivity index (χ0) is 29.5. The summed E-state index contributed by atoms with van der Waals surface area (Å²) in [5, 5.41) is 2.74. The highest BCUT2D eigenvalue weighted by Crippen LogP contribution is 2.44. The van der Waals surface area contributed by atoms with E-state index >= 15 is 0 Å². The second-order valence-electron chi connectivity index (χ2n) is 9.18. The van der Waals surface area contributed by atoms with E-state index in [2.05, 4.69) is 35.5 Å². The first-order valence-electron chi connectivity index (χ1n) is 14.4. The van der Waals surface area contributed by atoms with E-state index in [4.69, 9.17) is 44.3 Å². The quantitative estimate of drug-likeness (QED) is 0.147. The Hall–Kier alpha value is -3.01. The molecule has 0 saturated carbocycles. The SMILES string of the molecule is C#CCOCCOCCOCCOCCOCCOCCOCCNC(=O)OCC1c2ccccc2-c2ccccc21. The van der Waals surface area contributed by atoms with Crippen LogP contribution in [0.3, 0.4) is 0 Å². The molecule has 0 aliphatic heterocycles. The molecule has 1 aliphatic rings. The summed E-state index contributed by atoms with van der Waals surface area (Å²) >= 11 is 0. The van der Waals surface area contributed by atoms with Crippen LogP contribution in [0.15, 0.2) is 48.5 Å². The van der Waals surface area contributed by atoms with Gasteiger partial charge in [-0.1, -0.05) is 54.5 Å². The molecule has 10 heteroatoms. The minimum Gasteiger partial charge on any atom is -0.449 e. The highest BCUT2D eigenvalue weighted by atomic mass is 16.6. The smallest absolute Gasteiger partial charge is 0.407 e. The number of hydrogen-bond acceptors (Lipinski definition) is 9. The summed E-state index contributed by atoms with van der Waals surface area (Å²) in [6.07, 6.45) is 4.63. The molecule has 0 bridgehead atoms. The molecular formula is C32H43NO9. The average molecular weight is 586 g/mol. The Morgan fingerprint density at radius 2 is 1.02 bits per heavy atom. The zero-order valence-corrected chi connectivity index (χ0v) is 24.3. The van der Waals surface area contributed by atoms with Crippen LogP contribution >= 0.6 is 0 Å². The largest absolute Gasteiger partial charge is 0.449 e. The molecule has 0 aromatic heterocycles. The number of carbonyl (C=O) groups is 1. The van der Waals surface area contributed by atoms with Crippen molar-refractivity contribution in [2.45, 2.75) is 5.92 Å². The van der Waals surface area contributed by atoms with Gasteiger partial charge in [0.15, 0.2) is 0 Å². The molecule has 0 spiro atoms. The van der Waals surface area contributed by atoms with Crippen LogP contribution in [0.1, 0.15) is 17.0 Å². The Morgan fingerprint density at radius 1 is 0.619 bits per heavy atom. The van der Waals surface area contributed by atoms with E-state index in [1.54, 1.807) is 0 Å². The van der Waals surface area contributed by atoms with Crippen molar-refractivity contribution in [1.29, 1.82) is 0 Å². The van der Waals surface area contributed by atoms with E-state index < -0.39 is 6.09 Å². The Kier molecular flexibility index (Phi) is 17.3. The summed E-state index contributed by atoms with van der Waals surface area (Å²) in [5.74, 6) is 2.44. The lowest BCUT2D eigenvalue weighted by Gasteiger charge is -2.14. The second-order valence-corrected chi connectivity index (χ2v) is 9.18. The minimum absolute atomic E-state index is 0.0424. The molecule has 0 unspecified atom stereocenters. The van der Waals surface area contributed by atoms with E-state index in [0.29, 0.717) is 106 Å². The number of amides is 1. The molecular weight excluding hydrogens is 542 g/mol. The molecule has 0 heterocycles. The average Bonchev–Trinajstić information content (AvgIpc) is 3.34. The van der Waals surface area contributed by atoms with E-state index in [1.165, 1.54) is 22.3 Å². The summed E-state index contributed by atoms with van der Waals surface area (Å²) in [6.45, 7) is 7.13. The number of carbonyl (C=O) groups excluding carboxylic acids is 1. The molecule has 3 rings (SSSR count). The highest BCUT2D eigenvalue weighted by Gasteiger charge is 2.28. The van der Waals surface area contributed by atoms with Crippen LogP contribution in [0.5, 0.6) is 0 Å². The molecule has 2 aromatic rings. The zero-order valence-electron chi connectivity index (χ0n) is 24.3. The van der Waals surface area contributed by atoms with Gasteiger partial charge < -0.3 is 43.2 Å². The van der Waals surface area contributed by atoms with Crippen LogP contribution in [-0.2, 0) is 37.9 Å². The molecule has 230 valence electrons. The first-order chi connectivity index (χ1) is 20.8. The lowest BCUT2D eigenvalue weighted by atomic mass is 9.98. The van der Waals surface area contributed by atoms with Gasteiger partial charge in [0, 0.05) is 12.5 Å². The third-order valence-corrected chi connectivity index (χ3v) is 6.28. The first-order valence-corrected chi connectivity index (χ1v) is 14.4. The van der Waals surface area contributed by atoms with Crippen molar-refractivity contribution in [2.75, 3.05) is 106 Å². The summed E-state index contributed by atoms with van der Waals surface area (Å²) in [5.41, 5.74) is 4.78. The number of ether oxygens (including phenoxy) is 8. The van der Waals surface area contributed by atoms with Crippen molar-refractivity contribution >= 4 is 6.09 Å². The van der Waals surface area contributed by atoms with Crippen LogP contribution in [-0.4, -0.2) is 112 Å². The van der Waals surface area contributed by atoms with E-state index in [0.717, 1.165) is 0 Å². The second kappa shape index (κ2) is 21.7. The topological polar surface area (TPSA) is 103 Å². The fourth-order valence-corrected chi connectivity index (χ4v) is 4.33. The fourth-order valence-electron chi connectivity index (χ4n) is 4.33. The highest BCUT2D eigenvalue weighted by molar-refractivity contribution is 5.79. The first kappa shape index (κ1) is 33.5. The van der Waals surface area contributed by atoms with Gasteiger partial charge in [-0.3, -0.25) is 0 Å². The lowest BCUT2D eigenvalue weighted by Crippen LogP contribution is -2.29. The van der Waals surface area contributed by atoms with Gasteiger partial charge in [0.05, 0.1) is 85.9 Å². The normalized spacial score (nSPS) is 12.1. The van der Waals surface area contributed by atoms with Crippen LogP contribution in [0, 0.1) is 12.3 Å². The monoisotopic (exact) mass is 585 g/mol. The van der Waals surface area contributed by atoms with Crippen LogP contribution in [0.25, 0.3) is 11.1 Å². The van der Waals surface area contributed by atoms with Gasteiger partial charge in [-0.25, -0.2) is 4.79 Å². The van der Waals surface area contributed by atoms with Gasteiger partial charge >= 0.3 is 6.09 Å². The van der Waals surface area contributed by atoms with E-state index in [9.17, 15) is 4.79 Å². The van der Waals surface area contributed by atoms with Gasteiger partial charge in [-0.2, -0.15) is 0 Å². The maximum absolute atomic E-state index is 12.2. The standard InChI is InChI=1S/C32H43NO9/c1-2-12-35-14-16-37-18-20-39-22-24-41-25-23-40-21-19-38-17-15-36-13-11-33-32(34)42-26-31-29-9-5-3-7-27(29)28-8-4-6-10-30(28)31/h1,3-10,31H,11-26H2,(H,33,34). The van der Waals surface area contributed by atoms with Crippen molar-refractivity contribution in [3.05, 3.63) is 59.7 Å². The number of hydrogen-bond donors (Lipinski definition) is 1. The summed E-state index contributed by atoms with van der Waals surface area (Å²) < 4.78 is 43.3. The number of nitrogens with one attached hydrogen (secondary N) is 1. The molecule has 10 nitrogen and oxygen atoms in total. The molecule has 0 atom stereocenters. The van der Waals surface area contributed by atoms with Crippen molar-refractivity contribution in [2.24, 2.45) is 0 Å². The molecule has 0 fully saturated rings. The fraction of sp³-hybridized carbons (Fsp3) is 0.531. The Labute approximate surface area is 248 Å². The number of alkyl carbamates (subject to hydrolysis) is 1. The molecule has 1 N–H and O–H groups in total. The molecule has 0 saturated heterocycles. The predicted molar refractivity (Wildman–Crippen MR) is 158 cm³/mol. The van der Waals surface area contributed by atoms with Crippen LogP contribution < -0.4 is 5.32 Å². The van der Waals surface area contributed by atoms with Gasteiger partial charge in [0.25, 0.3) is 0 Å². The van der Waals surface area contributed by atoms with Crippen molar-refractivity contribution in [3.63, 3.8) is 0 Å². The molecule has 0 radical (unpaired) electrons. The summed E-state index contributed by atoms with van der Waals surface area (Å²) in [6, 6.07) is 16.5. The van der Waals surface area contributed by atoms with Gasteiger partial charge in [0.2, 0.25) is 0 Å². The molecule has 1 amide bonds. The number of benzene rings is 2. The Morgan fingerprint density at radius 3 is 1.48 bits per heavy atom. The molecule has 42 heavy (non-hydrogen) atoms. The van der Waals surface area contributed by atoms with Crippen LogP contribution in [0.2, 0.25) is 0 Å². The summed E-state index contributed by atoms with van der Waals surface area (Å²) in [4.78, 5) is 12.2. The minimum atomic E-state index is -0.450. The van der Waals surface area contributed by atoms with Gasteiger partial charge in [-0.05, 0) is 22.3 Å². The predicted octanol–water partition coefficient (Wildman–Crippen LogP) is 3.27. The maximum Gasteiger partial charge on any atom is 0.407 e. The third-order valence-electron chi connectivity index (χ3n) is 6.28. The number of terminal acetylenes is 1. The van der Waals surface area contributed by atoms with Gasteiger partial charge in [0.1, 0.15) is 13.2 Å². The van der Waals surface area contributed by atoms with E-state index in [-0.39, 0.29) is 5.92 Å². The molecule has 2 aromatic carbocycles. The number of rotatable bonds is 24. The molecule has 1 aliphatic carbocycles. The number of fused-ring (bicyclic) bond motifs is 3. The van der Waals surface area contributed by atoms with Crippen molar-refractivity contribution < 1.29 is 42.7 Å². The third kappa shape index (κ3) is 12.9. The lowest BCUT2D eigenvalue weighted by molar-refractivity contribution is -0.0195. The van der Waals surface area contributed by atoms with E-state index in [1.807, 2.05) is 24.3 Å². The Balaban J connectivity index is 1.05. The van der Waals surface area contributed by atoms with Crippen molar-refractivity contribution in [1.82, 2.24) is 5.32 Å². The van der Waals surface area contributed by atoms with Crippen molar-refractivity contribution in [3.8, 4) is 23.5 Å². The Bertz CT molecular complexity index is 1010. The van der Waals surface area contributed by atoms with Crippen LogP contribution in [0.4, 0.5) is 4.79 Å².